The van der Waals surface area contributed by atoms with E-state index in [1.54, 1.807) is 0 Å². The van der Waals surface area contributed by atoms with Crippen molar-refractivity contribution in [1.29, 1.82) is 0 Å². The van der Waals surface area contributed by atoms with E-state index in [0.29, 0.717) is 6.42 Å². The molecule has 0 aromatic carbocycles. The van der Waals surface area contributed by atoms with E-state index < -0.39 is 21.1 Å². The molecule has 0 bridgehead atoms. The fourth-order valence-electron chi connectivity index (χ4n) is 0.673. The van der Waals surface area contributed by atoms with Gasteiger partial charge in [0.1, 0.15) is 28.5 Å². The minimum Gasteiger partial charge on any atom is -0.378 e. The molecular formula is C6H12ClN3O5. The van der Waals surface area contributed by atoms with Crippen molar-refractivity contribution in [2.45, 2.75) is 24.6 Å². The monoisotopic (exact) mass is 241 g/mol. The van der Waals surface area contributed by atoms with Gasteiger partial charge in [-0.2, -0.15) is 0 Å². The molecule has 0 saturated carbocycles. The second-order valence-corrected chi connectivity index (χ2v) is 3.45. The molecule has 9 heteroatoms. The van der Waals surface area contributed by atoms with Gasteiger partial charge in [0.2, 0.25) is 0 Å². The van der Waals surface area contributed by atoms with Gasteiger partial charge in [0, 0.05) is 0 Å². The molecule has 0 amide bonds. The molecule has 1 atom stereocenters. The summed E-state index contributed by atoms with van der Waals surface area (Å²) in [6.07, 6.45) is 0.627. The number of aliphatic hydroxyl groups is 1. The van der Waals surface area contributed by atoms with Crippen LogP contribution >= 0.6 is 11.6 Å². The summed E-state index contributed by atoms with van der Waals surface area (Å²) < 4.78 is 0. The molecule has 1 heterocycles. The Labute approximate surface area is 90.5 Å². The van der Waals surface area contributed by atoms with Gasteiger partial charge in [0.05, 0.1) is 0 Å². The fraction of sp³-hybridized carbons (Fsp3) is 1.00. The van der Waals surface area contributed by atoms with Crippen molar-refractivity contribution in [3.8, 4) is 0 Å². The number of nitrogens with zero attached hydrogens (tertiary/aromatic N) is 2. The van der Waals surface area contributed by atoms with Crippen LogP contribution in [0.25, 0.3) is 0 Å². The summed E-state index contributed by atoms with van der Waals surface area (Å²) in [5.41, 5.74) is -2.59. The van der Waals surface area contributed by atoms with E-state index in [0.717, 1.165) is 0 Å². The van der Waals surface area contributed by atoms with Crippen LogP contribution in [0.5, 0.6) is 0 Å². The number of nitro groups is 2. The zero-order chi connectivity index (χ0) is 12.1. The molecule has 15 heavy (non-hydrogen) atoms. The van der Waals surface area contributed by atoms with Gasteiger partial charge in [-0.05, 0) is 6.42 Å². The second kappa shape index (κ2) is 5.79. The first-order chi connectivity index (χ1) is 6.86. The molecule has 0 radical (unpaired) electrons. The number of nitrogens with one attached hydrogen (secondary N) is 1. The highest BCUT2D eigenvalue weighted by molar-refractivity contribution is 6.19. The molecule has 0 aliphatic carbocycles. The molecule has 1 rings (SSSR count). The SMILES string of the molecule is CCC(O)Cl.O=[N+]([O-])C1([N+](=O)[O-])CNC1. The molecule has 88 valence electrons. The number of halogens is 1. The zero-order valence-corrected chi connectivity index (χ0v) is 8.81. The molecule has 1 unspecified atom stereocenters. The van der Waals surface area contributed by atoms with Crippen molar-refractivity contribution >= 4 is 11.6 Å². The minimum atomic E-state index is -1.94. The van der Waals surface area contributed by atoms with E-state index in [1.807, 2.05) is 6.92 Å². The molecule has 0 aromatic heterocycles. The molecule has 0 aromatic rings. The lowest BCUT2D eigenvalue weighted by molar-refractivity contribution is -0.802. The van der Waals surface area contributed by atoms with Crippen molar-refractivity contribution in [3.63, 3.8) is 0 Å². The van der Waals surface area contributed by atoms with Gasteiger partial charge in [0.25, 0.3) is 0 Å². The lowest BCUT2D eigenvalue weighted by Crippen LogP contribution is -2.68. The Hall–Kier alpha value is -0.990. The maximum absolute atomic E-state index is 10.1. The van der Waals surface area contributed by atoms with E-state index in [-0.39, 0.29) is 13.1 Å². The van der Waals surface area contributed by atoms with E-state index >= 15 is 0 Å². The molecule has 1 saturated heterocycles. The van der Waals surface area contributed by atoms with Crippen LogP contribution in [-0.4, -0.2) is 39.3 Å². The first-order valence-electron chi connectivity index (χ1n) is 4.18. The third-order valence-corrected chi connectivity index (χ3v) is 2.14. The first-order valence-corrected chi connectivity index (χ1v) is 4.62. The van der Waals surface area contributed by atoms with Gasteiger partial charge in [0.15, 0.2) is 0 Å². The van der Waals surface area contributed by atoms with Crippen molar-refractivity contribution in [3.05, 3.63) is 20.2 Å². The van der Waals surface area contributed by atoms with Gasteiger partial charge in [-0.25, -0.2) is 0 Å². The Bertz CT molecular complexity index is 227. The number of hydrogen-bond donors (Lipinski definition) is 2. The van der Waals surface area contributed by atoms with Gasteiger partial charge in [-0.15, -0.1) is 0 Å². The topological polar surface area (TPSA) is 119 Å². The summed E-state index contributed by atoms with van der Waals surface area (Å²) >= 11 is 5.02. The van der Waals surface area contributed by atoms with Crippen LogP contribution in [0.2, 0.25) is 0 Å². The van der Waals surface area contributed by atoms with Crippen LogP contribution in [0.1, 0.15) is 13.3 Å². The van der Waals surface area contributed by atoms with Crippen molar-refractivity contribution in [1.82, 2.24) is 5.32 Å². The van der Waals surface area contributed by atoms with Crippen molar-refractivity contribution in [2.24, 2.45) is 0 Å². The van der Waals surface area contributed by atoms with E-state index in [4.69, 9.17) is 16.7 Å². The highest BCUT2D eigenvalue weighted by Gasteiger charge is 2.61. The van der Waals surface area contributed by atoms with Crippen molar-refractivity contribution in [2.75, 3.05) is 13.1 Å². The van der Waals surface area contributed by atoms with Crippen LogP contribution in [0, 0.1) is 20.2 Å². The predicted molar refractivity (Wildman–Crippen MR) is 51.7 cm³/mol. The Morgan fingerprint density at radius 3 is 1.80 bits per heavy atom. The number of aliphatic hydroxyl groups excluding tert-OH is 1. The molecular weight excluding hydrogens is 230 g/mol. The summed E-state index contributed by atoms with van der Waals surface area (Å²) in [7, 11) is 0. The maximum atomic E-state index is 10.1. The third kappa shape index (κ3) is 3.57. The van der Waals surface area contributed by atoms with Crippen LogP contribution in [0.15, 0.2) is 0 Å². The van der Waals surface area contributed by atoms with Crippen molar-refractivity contribution < 1.29 is 15.0 Å². The predicted octanol–water partition coefficient (Wildman–Crippen LogP) is -0.207. The molecule has 1 aliphatic heterocycles. The van der Waals surface area contributed by atoms with Gasteiger partial charge in [-0.3, -0.25) is 25.5 Å². The van der Waals surface area contributed by atoms with Crippen LogP contribution in [0.3, 0.4) is 0 Å². The molecule has 1 fully saturated rings. The third-order valence-electron chi connectivity index (χ3n) is 1.83. The Balaban J connectivity index is 0.000000336. The van der Waals surface area contributed by atoms with Crippen LogP contribution in [0.4, 0.5) is 0 Å². The lowest BCUT2D eigenvalue weighted by Gasteiger charge is -2.24. The molecule has 0 spiro atoms. The Kier molecular flexibility index (Phi) is 5.40. The lowest BCUT2D eigenvalue weighted by atomic mass is 10.1. The van der Waals surface area contributed by atoms with Crippen LogP contribution < -0.4 is 5.32 Å². The average Bonchev–Trinajstić information content (AvgIpc) is 2.01. The van der Waals surface area contributed by atoms with Gasteiger partial charge in [-0.1, -0.05) is 18.5 Å². The summed E-state index contributed by atoms with van der Waals surface area (Å²) in [6.45, 7) is 1.47. The first kappa shape index (κ1) is 14.0. The van der Waals surface area contributed by atoms with E-state index in [2.05, 4.69) is 5.32 Å². The Morgan fingerprint density at radius 1 is 1.47 bits per heavy atom. The average molecular weight is 242 g/mol. The molecule has 8 nitrogen and oxygen atoms in total. The zero-order valence-electron chi connectivity index (χ0n) is 8.05. The van der Waals surface area contributed by atoms with Gasteiger partial charge < -0.3 is 5.11 Å². The quantitative estimate of drug-likeness (QED) is 0.305. The minimum absolute atomic E-state index is 0.174. The fourth-order valence-corrected chi connectivity index (χ4v) is 0.673. The number of rotatable bonds is 3. The summed E-state index contributed by atoms with van der Waals surface area (Å²) in [5, 5.41) is 30.7. The number of alkyl halides is 1. The summed E-state index contributed by atoms with van der Waals surface area (Å²) in [6, 6.07) is 0. The summed E-state index contributed by atoms with van der Waals surface area (Å²) in [5.74, 6) is 0. The second-order valence-electron chi connectivity index (χ2n) is 2.94. The highest BCUT2D eigenvalue weighted by atomic mass is 35.5. The standard InChI is InChI=1S/C3H7ClO.C3H5N3O4/c1-2-3(4)5;7-5(8)3(6(9)10)1-4-2-3/h3,5H,2H2,1H3;4H,1-2H2. The Morgan fingerprint density at radius 2 is 1.80 bits per heavy atom. The highest BCUT2D eigenvalue weighted by Crippen LogP contribution is 2.15. The van der Waals surface area contributed by atoms with Crippen LogP contribution in [-0.2, 0) is 0 Å². The normalized spacial score (nSPS) is 19.1. The molecule has 1 aliphatic rings. The largest absolute Gasteiger partial charge is 0.482 e. The summed E-state index contributed by atoms with van der Waals surface area (Å²) in [4.78, 5) is 18.4. The van der Waals surface area contributed by atoms with Gasteiger partial charge >= 0.3 is 5.66 Å². The maximum Gasteiger partial charge on any atom is 0.482 e. The smallest absolute Gasteiger partial charge is 0.378 e. The van der Waals surface area contributed by atoms with E-state index in [1.165, 1.54) is 0 Å². The number of hydrogen-bond acceptors (Lipinski definition) is 6. The molecule has 2 N–H and O–H groups in total. The van der Waals surface area contributed by atoms with E-state index in [9.17, 15) is 20.2 Å².